The van der Waals surface area contributed by atoms with Crippen molar-refractivity contribution in [3.05, 3.63) is 0 Å². The monoisotopic (exact) mass is 248 g/mol. The molecule has 5 heteroatoms. The molecule has 0 saturated carbocycles. The van der Waals surface area contributed by atoms with E-state index in [1.807, 2.05) is 0 Å². The summed E-state index contributed by atoms with van der Waals surface area (Å²) in [5.41, 5.74) is 0. The first-order valence-electron chi connectivity index (χ1n) is 6.20. The van der Waals surface area contributed by atoms with Crippen molar-refractivity contribution < 1.29 is 8.42 Å². The Morgan fingerprint density at radius 2 is 2.06 bits per heavy atom. The molecular formula is C11H24N2O2S. The third-order valence-corrected chi connectivity index (χ3v) is 4.92. The second-order valence-corrected chi connectivity index (χ2v) is 6.84. The van der Waals surface area contributed by atoms with Crippen LogP contribution in [0.25, 0.3) is 0 Å². The van der Waals surface area contributed by atoms with Gasteiger partial charge in [-0.25, -0.2) is 8.42 Å². The third kappa shape index (κ3) is 4.80. The van der Waals surface area contributed by atoms with Crippen LogP contribution in [0.2, 0.25) is 0 Å². The van der Waals surface area contributed by atoms with E-state index in [-0.39, 0.29) is 0 Å². The van der Waals surface area contributed by atoms with Crippen LogP contribution < -0.4 is 5.32 Å². The lowest BCUT2D eigenvalue weighted by Crippen LogP contribution is -2.37. The van der Waals surface area contributed by atoms with Crippen LogP contribution in [0.4, 0.5) is 0 Å². The van der Waals surface area contributed by atoms with Crippen LogP contribution in [0.1, 0.15) is 26.7 Å². The second-order valence-electron chi connectivity index (χ2n) is 4.53. The Labute approximate surface area is 99.3 Å². The molecule has 96 valence electrons. The Balaban J connectivity index is 2.36. The zero-order chi connectivity index (χ0) is 12.0. The Hall–Kier alpha value is -0.130. The first-order valence-corrected chi connectivity index (χ1v) is 8.02. The van der Waals surface area contributed by atoms with Crippen LogP contribution in [0.5, 0.6) is 0 Å². The minimum atomic E-state index is -2.77. The molecule has 1 atom stereocenters. The first kappa shape index (κ1) is 13.9. The lowest BCUT2D eigenvalue weighted by Gasteiger charge is -2.27. The van der Waals surface area contributed by atoms with E-state index in [0.29, 0.717) is 24.1 Å². The minimum Gasteiger partial charge on any atom is -0.317 e. The molecule has 0 aromatic heterocycles. The molecule has 1 saturated heterocycles. The molecule has 0 radical (unpaired) electrons. The Morgan fingerprint density at radius 1 is 1.31 bits per heavy atom. The maximum atomic E-state index is 11.5. The molecule has 1 N–H and O–H groups in total. The third-order valence-electron chi connectivity index (χ3n) is 3.20. The standard InChI is InChI=1S/C11H24N2O2S/c1-3-12-6-5-11(2)13-7-4-9-16(14,15)10-8-13/h11-12H,3-10H2,1-2H3. The van der Waals surface area contributed by atoms with E-state index in [0.717, 1.165) is 32.5 Å². The van der Waals surface area contributed by atoms with Gasteiger partial charge < -0.3 is 5.32 Å². The maximum Gasteiger partial charge on any atom is 0.151 e. The maximum absolute atomic E-state index is 11.5. The van der Waals surface area contributed by atoms with E-state index >= 15 is 0 Å². The molecule has 0 aromatic rings. The zero-order valence-electron chi connectivity index (χ0n) is 10.4. The SMILES string of the molecule is CCNCCC(C)N1CCCS(=O)(=O)CC1. The second kappa shape index (κ2) is 6.57. The van der Waals surface area contributed by atoms with Gasteiger partial charge in [0.1, 0.15) is 0 Å². The Bertz CT molecular complexity index is 290. The summed E-state index contributed by atoms with van der Waals surface area (Å²) in [5.74, 6) is 0.696. The van der Waals surface area contributed by atoms with E-state index in [1.165, 1.54) is 0 Å². The summed E-state index contributed by atoms with van der Waals surface area (Å²) in [7, 11) is -2.77. The molecule has 0 spiro atoms. The van der Waals surface area contributed by atoms with Gasteiger partial charge in [0.15, 0.2) is 9.84 Å². The number of rotatable bonds is 5. The summed E-state index contributed by atoms with van der Waals surface area (Å²) in [5, 5.41) is 3.31. The van der Waals surface area contributed by atoms with Gasteiger partial charge in [-0.05, 0) is 39.4 Å². The zero-order valence-corrected chi connectivity index (χ0v) is 11.2. The largest absolute Gasteiger partial charge is 0.317 e. The molecule has 0 aromatic carbocycles. The highest BCUT2D eigenvalue weighted by Gasteiger charge is 2.21. The molecule has 1 fully saturated rings. The smallest absolute Gasteiger partial charge is 0.151 e. The van der Waals surface area contributed by atoms with E-state index in [2.05, 4.69) is 24.1 Å². The molecule has 0 amide bonds. The van der Waals surface area contributed by atoms with Gasteiger partial charge in [-0.15, -0.1) is 0 Å². The quantitative estimate of drug-likeness (QED) is 0.720. The molecular weight excluding hydrogens is 224 g/mol. The van der Waals surface area contributed by atoms with Crippen LogP contribution in [0.3, 0.4) is 0 Å². The van der Waals surface area contributed by atoms with Crippen LogP contribution in [-0.4, -0.2) is 57.0 Å². The van der Waals surface area contributed by atoms with Crippen molar-refractivity contribution in [2.75, 3.05) is 37.7 Å². The molecule has 1 unspecified atom stereocenters. The fourth-order valence-corrected chi connectivity index (χ4v) is 3.35. The molecule has 0 bridgehead atoms. The molecule has 1 rings (SSSR count). The van der Waals surface area contributed by atoms with Crippen LogP contribution in [0.15, 0.2) is 0 Å². The first-order chi connectivity index (χ1) is 7.55. The molecule has 1 aliphatic heterocycles. The summed E-state index contributed by atoms with van der Waals surface area (Å²) >= 11 is 0. The van der Waals surface area contributed by atoms with Crippen molar-refractivity contribution in [1.29, 1.82) is 0 Å². The van der Waals surface area contributed by atoms with Crippen molar-refractivity contribution >= 4 is 9.84 Å². The minimum absolute atomic E-state index is 0.332. The number of hydrogen-bond donors (Lipinski definition) is 1. The van der Waals surface area contributed by atoms with Crippen molar-refractivity contribution in [2.45, 2.75) is 32.7 Å². The normalized spacial score (nSPS) is 23.9. The van der Waals surface area contributed by atoms with Crippen molar-refractivity contribution in [3.8, 4) is 0 Å². The van der Waals surface area contributed by atoms with E-state index in [4.69, 9.17) is 0 Å². The van der Waals surface area contributed by atoms with Crippen LogP contribution in [0, 0.1) is 0 Å². The van der Waals surface area contributed by atoms with Gasteiger partial charge in [-0.3, -0.25) is 4.90 Å². The molecule has 0 aliphatic carbocycles. The molecule has 4 nitrogen and oxygen atoms in total. The molecule has 1 aliphatic rings. The highest BCUT2D eigenvalue weighted by Crippen LogP contribution is 2.10. The molecule has 16 heavy (non-hydrogen) atoms. The van der Waals surface area contributed by atoms with Crippen LogP contribution >= 0.6 is 0 Å². The molecule has 1 heterocycles. The summed E-state index contributed by atoms with van der Waals surface area (Å²) in [4.78, 5) is 2.31. The topological polar surface area (TPSA) is 49.4 Å². The van der Waals surface area contributed by atoms with Gasteiger partial charge in [0.2, 0.25) is 0 Å². The fraction of sp³-hybridized carbons (Fsp3) is 1.00. The van der Waals surface area contributed by atoms with Crippen molar-refractivity contribution in [1.82, 2.24) is 10.2 Å². The highest BCUT2D eigenvalue weighted by atomic mass is 32.2. The van der Waals surface area contributed by atoms with Gasteiger partial charge in [0.25, 0.3) is 0 Å². The lowest BCUT2D eigenvalue weighted by molar-refractivity contribution is 0.214. The fourth-order valence-electron chi connectivity index (χ4n) is 2.07. The van der Waals surface area contributed by atoms with E-state index in [9.17, 15) is 8.42 Å². The van der Waals surface area contributed by atoms with E-state index < -0.39 is 9.84 Å². The highest BCUT2D eigenvalue weighted by molar-refractivity contribution is 7.91. The van der Waals surface area contributed by atoms with Crippen molar-refractivity contribution in [2.24, 2.45) is 0 Å². The summed E-state index contributed by atoms with van der Waals surface area (Å²) < 4.78 is 22.9. The van der Waals surface area contributed by atoms with Gasteiger partial charge in [-0.1, -0.05) is 6.92 Å². The number of sulfone groups is 1. The van der Waals surface area contributed by atoms with Gasteiger partial charge in [-0.2, -0.15) is 0 Å². The summed E-state index contributed by atoms with van der Waals surface area (Å²) in [6.45, 7) is 7.93. The van der Waals surface area contributed by atoms with Crippen molar-refractivity contribution in [3.63, 3.8) is 0 Å². The number of hydrogen-bond acceptors (Lipinski definition) is 4. The number of nitrogens with zero attached hydrogens (tertiary/aromatic N) is 1. The van der Waals surface area contributed by atoms with Gasteiger partial charge >= 0.3 is 0 Å². The predicted octanol–water partition coefficient (Wildman–Crippen LogP) is 0.495. The Morgan fingerprint density at radius 3 is 2.75 bits per heavy atom. The average molecular weight is 248 g/mol. The van der Waals surface area contributed by atoms with Crippen LogP contribution in [-0.2, 0) is 9.84 Å². The number of nitrogens with one attached hydrogen (secondary N) is 1. The van der Waals surface area contributed by atoms with Gasteiger partial charge in [0, 0.05) is 12.6 Å². The average Bonchev–Trinajstić information content (AvgIpc) is 2.39. The van der Waals surface area contributed by atoms with Gasteiger partial charge in [0.05, 0.1) is 11.5 Å². The van der Waals surface area contributed by atoms with E-state index in [1.54, 1.807) is 0 Å². The summed E-state index contributed by atoms with van der Waals surface area (Å²) in [6.07, 6.45) is 1.88. The predicted molar refractivity (Wildman–Crippen MR) is 67.5 cm³/mol. The Kier molecular flexibility index (Phi) is 5.72. The lowest BCUT2D eigenvalue weighted by atomic mass is 10.2. The summed E-state index contributed by atoms with van der Waals surface area (Å²) in [6, 6.07) is 0.479.